The smallest absolute Gasteiger partial charge is 0.417 e. The Bertz CT molecular complexity index is 848. The molecule has 154 valence electrons. The van der Waals surface area contributed by atoms with Crippen LogP contribution >= 0.6 is 0 Å². The summed E-state index contributed by atoms with van der Waals surface area (Å²) in [5.74, 6) is -1.03. The Balaban J connectivity index is 1.50. The number of carbonyl (C=O) groups is 2. The number of ether oxygens (including phenoxy) is 1. The summed E-state index contributed by atoms with van der Waals surface area (Å²) in [6.07, 6.45) is -4.59. The minimum atomic E-state index is -4.59. The van der Waals surface area contributed by atoms with Crippen LogP contribution in [0.5, 0.6) is 0 Å². The first-order chi connectivity index (χ1) is 13.8. The van der Waals surface area contributed by atoms with E-state index in [0.717, 1.165) is 11.6 Å². The zero-order valence-electron chi connectivity index (χ0n) is 15.7. The highest BCUT2D eigenvalue weighted by Crippen LogP contribution is 2.32. The highest BCUT2D eigenvalue weighted by atomic mass is 19.4. The van der Waals surface area contributed by atoms with Crippen molar-refractivity contribution in [3.05, 3.63) is 71.3 Å². The molecular formula is C21H21F3N2O3. The molecule has 3 rings (SSSR count). The summed E-state index contributed by atoms with van der Waals surface area (Å²) in [4.78, 5) is 27.8. The van der Waals surface area contributed by atoms with Crippen LogP contribution in [0.25, 0.3) is 0 Å². The molecule has 0 aliphatic carbocycles. The van der Waals surface area contributed by atoms with Crippen molar-refractivity contribution in [2.24, 2.45) is 0 Å². The second-order valence-electron chi connectivity index (χ2n) is 6.76. The predicted octanol–water partition coefficient (Wildman–Crippen LogP) is 3.21. The van der Waals surface area contributed by atoms with E-state index in [4.69, 9.17) is 4.74 Å². The number of esters is 1. The summed E-state index contributed by atoms with van der Waals surface area (Å²) >= 11 is 0. The van der Waals surface area contributed by atoms with Crippen LogP contribution in [-0.4, -0.2) is 54.4 Å². The number of hydrogen-bond acceptors (Lipinski definition) is 4. The van der Waals surface area contributed by atoms with E-state index in [0.29, 0.717) is 13.1 Å². The van der Waals surface area contributed by atoms with Gasteiger partial charge >= 0.3 is 12.1 Å². The Kier molecular flexibility index (Phi) is 6.53. The molecule has 1 fully saturated rings. The third-order valence-corrected chi connectivity index (χ3v) is 4.72. The van der Waals surface area contributed by atoms with Gasteiger partial charge in [-0.3, -0.25) is 14.5 Å². The molecule has 2 aromatic carbocycles. The maximum Gasteiger partial charge on any atom is 0.417 e. The van der Waals surface area contributed by atoms with Crippen LogP contribution in [0.15, 0.2) is 54.6 Å². The second kappa shape index (κ2) is 9.09. The van der Waals surface area contributed by atoms with Gasteiger partial charge in [0, 0.05) is 26.2 Å². The van der Waals surface area contributed by atoms with E-state index < -0.39 is 17.6 Å². The van der Waals surface area contributed by atoms with Crippen LogP contribution in [0.3, 0.4) is 0 Å². The van der Waals surface area contributed by atoms with Gasteiger partial charge in [-0.1, -0.05) is 42.5 Å². The number of alkyl halides is 3. The highest BCUT2D eigenvalue weighted by molar-refractivity contribution is 5.96. The Morgan fingerprint density at radius 1 is 0.897 bits per heavy atom. The van der Waals surface area contributed by atoms with Crippen molar-refractivity contribution in [1.29, 1.82) is 0 Å². The second-order valence-corrected chi connectivity index (χ2v) is 6.76. The first kappa shape index (κ1) is 20.9. The lowest BCUT2D eigenvalue weighted by molar-refractivity contribution is -0.146. The number of carbonyl (C=O) groups excluding carboxylic acids is 2. The van der Waals surface area contributed by atoms with Gasteiger partial charge in [0.25, 0.3) is 5.91 Å². The molecule has 1 aliphatic rings. The minimum Gasteiger partial charge on any atom is -0.460 e. The molecule has 0 bridgehead atoms. The van der Waals surface area contributed by atoms with Crippen molar-refractivity contribution in [1.82, 2.24) is 9.80 Å². The molecule has 0 atom stereocenters. The molecule has 5 nitrogen and oxygen atoms in total. The number of hydrogen-bond donors (Lipinski definition) is 0. The molecule has 8 heteroatoms. The lowest BCUT2D eigenvalue weighted by Gasteiger charge is -2.34. The van der Waals surface area contributed by atoms with Crippen LogP contribution in [0.4, 0.5) is 13.2 Å². The molecule has 0 N–H and O–H groups in total. The number of rotatable bonds is 5. The summed E-state index contributed by atoms with van der Waals surface area (Å²) in [6.45, 7) is 1.54. The molecule has 1 amide bonds. The molecular weight excluding hydrogens is 385 g/mol. The molecule has 0 aromatic heterocycles. The number of halogens is 3. The number of benzene rings is 2. The molecule has 0 spiro atoms. The maximum absolute atomic E-state index is 13.1. The van der Waals surface area contributed by atoms with E-state index in [9.17, 15) is 22.8 Å². The van der Waals surface area contributed by atoms with Crippen molar-refractivity contribution in [3.8, 4) is 0 Å². The van der Waals surface area contributed by atoms with Gasteiger partial charge in [-0.15, -0.1) is 0 Å². The van der Waals surface area contributed by atoms with Crippen molar-refractivity contribution >= 4 is 11.9 Å². The zero-order chi connectivity index (χ0) is 20.9. The lowest BCUT2D eigenvalue weighted by Crippen LogP contribution is -2.50. The number of piperazine rings is 1. The Morgan fingerprint density at radius 3 is 2.17 bits per heavy atom. The predicted molar refractivity (Wildman–Crippen MR) is 100 cm³/mol. The topological polar surface area (TPSA) is 49.9 Å². The Hall–Kier alpha value is -2.87. The standard InChI is InChI=1S/C21H21F3N2O3/c22-21(23,24)18-9-5-4-8-17(18)20(28)26-12-10-25(11-13-26)14-19(27)29-15-16-6-2-1-3-7-16/h1-9H,10-15H2. The van der Waals surface area contributed by atoms with Gasteiger partial charge in [0.15, 0.2) is 0 Å². The molecule has 1 heterocycles. The molecule has 0 unspecified atom stereocenters. The fourth-order valence-corrected chi connectivity index (χ4v) is 3.16. The van der Waals surface area contributed by atoms with E-state index in [1.165, 1.54) is 23.1 Å². The molecule has 0 saturated carbocycles. The third kappa shape index (κ3) is 5.57. The summed E-state index contributed by atoms with van der Waals surface area (Å²) < 4.78 is 44.7. The Labute approximate surface area is 166 Å². The first-order valence-corrected chi connectivity index (χ1v) is 9.22. The van der Waals surface area contributed by atoms with Crippen LogP contribution < -0.4 is 0 Å². The SMILES string of the molecule is O=C(CN1CCN(C(=O)c2ccccc2C(F)(F)F)CC1)OCc1ccccc1. The highest BCUT2D eigenvalue weighted by Gasteiger charge is 2.36. The van der Waals surface area contributed by atoms with E-state index in [1.54, 1.807) is 0 Å². The van der Waals surface area contributed by atoms with Gasteiger partial charge in [0.1, 0.15) is 6.61 Å². The largest absolute Gasteiger partial charge is 0.460 e. The quantitative estimate of drug-likeness (QED) is 0.716. The molecule has 1 aliphatic heterocycles. The van der Waals surface area contributed by atoms with Crippen LogP contribution in [0.1, 0.15) is 21.5 Å². The molecule has 0 radical (unpaired) electrons. The van der Waals surface area contributed by atoms with Crippen molar-refractivity contribution in [2.45, 2.75) is 12.8 Å². The number of amides is 1. The monoisotopic (exact) mass is 406 g/mol. The summed E-state index contributed by atoms with van der Waals surface area (Å²) in [7, 11) is 0. The van der Waals surface area contributed by atoms with Gasteiger partial charge in [-0.25, -0.2) is 0 Å². The van der Waals surface area contributed by atoms with Crippen molar-refractivity contribution in [2.75, 3.05) is 32.7 Å². The van der Waals surface area contributed by atoms with Gasteiger partial charge in [0.2, 0.25) is 0 Å². The van der Waals surface area contributed by atoms with Crippen LogP contribution in [-0.2, 0) is 22.3 Å². The van der Waals surface area contributed by atoms with Gasteiger partial charge in [-0.2, -0.15) is 13.2 Å². The summed E-state index contributed by atoms with van der Waals surface area (Å²) in [6, 6.07) is 14.1. The minimum absolute atomic E-state index is 0.0774. The van der Waals surface area contributed by atoms with E-state index >= 15 is 0 Å². The first-order valence-electron chi connectivity index (χ1n) is 9.22. The zero-order valence-corrected chi connectivity index (χ0v) is 15.7. The van der Waals surface area contributed by atoms with Gasteiger partial charge in [-0.05, 0) is 17.7 Å². The average molecular weight is 406 g/mol. The van der Waals surface area contributed by atoms with E-state index in [1.807, 2.05) is 35.2 Å². The maximum atomic E-state index is 13.1. The summed E-state index contributed by atoms with van der Waals surface area (Å²) in [5.41, 5.74) is -0.396. The van der Waals surface area contributed by atoms with Gasteiger partial charge in [0.05, 0.1) is 17.7 Å². The lowest BCUT2D eigenvalue weighted by atomic mass is 10.1. The normalized spacial score (nSPS) is 15.2. The average Bonchev–Trinajstić information content (AvgIpc) is 2.72. The fraction of sp³-hybridized carbons (Fsp3) is 0.333. The summed E-state index contributed by atoms with van der Waals surface area (Å²) in [5, 5.41) is 0. The van der Waals surface area contributed by atoms with Crippen LogP contribution in [0, 0.1) is 0 Å². The van der Waals surface area contributed by atoms with Gasteiger partial charge < -0.3 is 9.64 Å². The Morgan fingerprint density at radius 2 is 1.52 bits per heavy atom. The van der Waals surface area contributed by atoms with E-state index in [-0.39, 0.29) is 37.8 Å². The fourth-order valence-electron chi connectivity index (χ4n) is 3.16. The van der Waals surface area contributed by atoms with Crippen LogP contribution in [0.2, 0.25) is 0 Å². The third-order valence-electron chi connectivity index (χ3n) is 4.72. The number of nitrogens with zero attached hydrogens (tertiary/aromatic N) is 2. The van der Waals surface area contributed by atoms with Crippen molar-refractivity contribution in [3.63, 3.8) is 0 Å². The van der Waals surface area contributed by atoms with Crippen molar-refractivity contribution < 1.29 is 27.5 Å². The molecule has 2 aromatic rings. The molecule has 29 heavy (non-hydrogen) atoms. The van der Waals surface area contributed by atoms with E-state index in [2.05, 4.69) is 0 Å². The molecule has 1 saturated heterocycles.